The smallest absolute Gasteiger partial charge is 0.413 e. The molecular formula is C18H20N4O3. The summed E-state index contributed by atoms with van der Waals surface area (Å²) in [6.07, 6.45) is -1.28. The van der Waals surface area contributed by atoms with Crippen molar-refractivity contribution >= 4 is 23.5 Å². The van der Waals surface area contributed by atoms with E-state index in [9.17, 15) is 9.59 Å². The Labute approximate surface area is 145 Å². The molecule has 0 spiro atoms. The van der Waals surface area contributed by atoms with Crippen molar-refractivity contribution in [1.29, 1.82) is 5.41 Å². The molecule has 0 aliphatic carbocycles. The van der Waals surface area contributed by atoms with Crippen LogP contribution in [0.15, 0.2) is 48.5 Å². The zero-order chi connectivity index (χ0) is 18.6. The molecule has 0 aliphatic heterocycles. The molecule has 2 rings (SSSR count). The number of hydrogen-bond acceptors (Lipinski definition) is 4. The Morgan fingerprint density at radius 3 is 1.92 bits per heavy atom. The minimum absolute atomic E-state index is 0.0273. The van der Waals surface area contributed by atoms with Gasteiger partial charge in [-0.1, -0.05) is 36.4 Å². The minimum atomic E-state index is -1.28. The van der Waals surface area contributed by atoms with Crippen LogP contribution in [0.4, 0.5) is 10.5 Å². The molecule has 0 aromatic heterocycles. The number of likely N-dealkylation sites (N-methyl/N-ethyl adjacent to an activating group) is 2. The molecule has 0 fully saturated rings. The molecule has 2 aromatic rings. The van der Waals surface area contributed by atoms with Gasteiger partial charge in [-0.2, -0.15) is 0 Å². The zero-order valence-corrected chi connectivity index (χ0v) is 14.1. The third-order valence-corrected chi connectivity index (χ3v) is 3.87. The van der Waals surface area contributed by atoms with E-state index in [1.54, 1.807) is 24.1 Å². The number of hydrogen-bond donors (Lipinski definition) is 3. The number of carboxylic acid groups (broad SMARTS) is 1. The van der Waals surface area contributed by atoms with Gasteiger partial charge in [0.1, 0.15) is 5.84 Å². The molecule has 130 valence electrons. The van der Waals surface area contributed by atoms with Crippen molar-refractivity contribution in [3.63, 3.8) is 0 Å². The normalized spacial score (nSPS) is 10.2. The molecular weight excluding hydrogens is 320 g/mol. The number of nitrogen functional groups attached to an aromatic ring is 1. The summed E-state index contributed by atoms with van der Waals surface area (Å²) in [6.45, 7) is -0.0323. The Bertz CT molecular complexity index is 785. The first-order valence-corrected chi connectivity index (χ1v) is 7.55. The number of carbonyl (C=O) groups excluding carboxylic acids is 1. The fraction of sp³-hybridized carbons (Fsp3) is 0.167. The van der Waals surface area contributed by atoms with Crippen molar-refractivity contribution < 1.29 is 14.7 Å². The highest BCUT2D eigenvalue weighted by Crippen LogP contribution is 2.23. The highest BCUT2D eigenvalue weighted by molar-refractivity contribution is 5.95. The Morgan fingerprint density at radius 2 is 1.48 bits per heavy atom. The molecule has 7 heteroatoms. The molecule has 2 amide bonds. The molecule has 7 nitrogen and oxygen atoms in total. The number of rotatable bonds is 5. The number of anilines is 1. The van der Waals surface area contributed by atoms with Gasteiger partial charge >= 0.3 is 6.09 Å². The molecule has 0 saturated heterocycles. The van der Waals surface area contributed by atoms with Crippen LogP contribution in [0.1, 0.15) is 5.56 Å². The fourth-order valence-corrected chi connectivity index (χ4v) is 2.26. The third-order valence-electron chi connectivity index (χ3n) is 3.87. The molecule has 0 bridgehead atoms. The molecule has 2 aromatic carbocycles. The van der Waals surface area contributed by atoms with E-state index >= 15 is 0 Å². The van der Waals surface area contributed by atoms with E-state index in [1.807, 2.05) is 36.4 Å². The van der Waals surface area contributed by atoms with Crippen LogP contribution in [-0.2, 0) is 4.79 Å². The number of nitrogens with zero attached hydrogens (tertiary/aromatic N) is 2. The summed E-state index contributed by atoms with van der Waals surface area (Å²) in [5.74, 6) is -0.474. The second kappa shape index (κ2) is 7.48. The van der Waals surface area contributed by atoms with Crippen LogP contribution in [0, 0.1) is 5.41 Å². The van der Waals surface area contributed by atoms with Crippen molar-refractivity contribution in [1.82, 2.24) is 4.90 Å². The minimum Gasteiger partial charge on any atom is -0.465 e. The quantitative estimate of drug-likeness (QED) is 0.571. The van der Waals surface area contributed by atoms with Crippen LogP contribution in [0.25, 0.3) is 11.1 Å². The van der Waals surface area contributed by atoms with Gasteiger partial charge in [0, 0.05) is 25.3 Å². The van der Waals surface area contributed by atoms with Gasteiger partial charge in [-0.05, 0) is 23.3 Å². The average Bonchev–Trinajstić information content (AvgIpc) is 2.61. The summed E-state index contributed by atoms with van der Waals surface area (Å²) >= 11 is 0. The van der Waals surface area contributed by atoms with E-state index in [-0.39, 0.29) is 12.4 Å². The van der Waals surface area contributed by atoms with Crippen LogP contribution in [0.3, 0.4) is 0 Å². The summed E-state index contributed by atoms with van der Waals surface area (Å²) in [6, 6.07) is 14.9. The Kier molecular flexibility index (Phi) is 5.38. The molecule has 0 atom stereocenters. The molecule has 0 aliphatic rings. The predicted molar refractivity (Wildman–Crippen MR) is 97.0 cm³/mol. The lowest BCUT2D eigenvalue weighted by atomic mass is 10.0. The van der Waals surface area contributed by atoms with E-state index in [0.29, 0.717) is 10.5 Å². The molecule has 4 N–H and O–H groups in total. The van der Waals surface area contributed by atoms with E-state index in [1.165, 1.54) is 7.05 Å². The molecule has 0 radical (unpaired) electrons. The lowest BCUT2D eigenvalue weighted by Crippen LogP contribution is -2.39. The summed E-state index contributed by atoms with van der Waals surface area (Å²) in [5.41, 5.74) is 8.89. The first-order valence-electron chi connectivity index (χ1n) is 7.55. The molecule has 0 heterocycles. The van der Waals surface area contributed by atoms with Crippen molar-refractivity contribution in [2.45, 2.75) is 0 Å². The fourth-order valence-electron chi connectivity index (χ4n) is 2.26. The Morgan fingerprint density at radius 1 is 1.00 bits per heavy atom. The second-order valence-electron chi connectivity index (χ2n) is 5.63. The maximum absolute atomic E-state index is 11.8. The second-order valence-corrected chi connectivity index (χ2v) is 5.63. The standard InChI is InChI=1S/C18H20N4O3/c1-21(11-16(23)22(2)18(24)25)15-9-7-13(8-10-15)12-3-5-14(6-4-12)17(19)20/h3-10H,11H2,1-2H3,(H3,19,20)(H,24,25). The Balaban J connectivity index is 2.09. The van der Waals surface area contributed by atoms with E-state index in [2.05, 4.69) is 0 Å². The number of amides is 2. The van der Waals surface area contributed by atoms with Gasteiger partial charge in [-0.25, -0.2) is 9.69 Å². The van der Waals surface area contributed by atoms with Crippen LogP contribution >= 0.6 is 0 Å². The number of imide groups is 1. The third kappa shape index (κ3) is 4.35. The van der Waals surface area contributed by atoms with Crippen molar-refractivity contribution in [2.24, 2.45) is 5.73 Å². The van der Waals surface area contributed by atoms with Gasteiger partial charge in [-0.15, -0.1) is 0 Å². The van der Waals surface area contributed by atoms with E-state index in [4.69, 9.17) is 16.2 Å². The van der Waals surface area contributed by atoms with Gasteiger partial charge in [0.05, 0.1) is 6.54 Å². The average molecular weight is 340 g/mol. The molecule has 25 heavy (non-hydrogen) atoms. The summed E-state index contributed by atoms with van der Waals surface area (Å²) in [5, 5.41) is 16.2. The Hall–Kier alpha value is -3.35. The summed E-state index contributed by atoms with van der Waals surface area (Å²) in [4.78, 5) is 25.0. The predicted octanol–water partition coefficient (Wildman–Crippen LogP) is 2.21. The lowest BCUT2D eigenvalue weighted by Gasteiger charge is -2.21. The first-order chi connectivity index (χ1) is 11.8. The highest BCUT2D eigenvalue weighted by atomic mass is 16.4. The van der Waals surface area contributed by atoms with Crippen LogP contribution < -0.4 is 10.6 Å². The van der Waals surface area contributed by atoms with Crippen LogP contribution in [0.2, 0.25) is 0 Å². The monoisotopic (exact) mass is 340 g/mol. The van der Waals surface area contributed by atoms with E-state index < -0.39 is 12.0 Å². The van der Waals surface area contributed by atoms with Crippen LogP contribution in [0.5, 0.6) is 0 Å². The van der Waals surface area contributed by atoms with Gasteiger partial charge in [0.15, 0.2) is 0 Å². The summed E-state index contributed by atoms with van der Waals surface area (Å²) in [7, 11) is 2.95. The maximum Gasteiger partial charge on any atom is 0.413 e. The van der Waals surface area contributed by atoms with Crippen LogP contribution in [-0.4, -0.2) is 48.5 Å². The van der Waals surface area contributed by atoms with Crippen molar-refractivity contribution in [3.05, 3.63) is 54.1 Å². The van der Waals surface area contributed by atoms with E-state index in [0.717, 1.165) is 16.8 Å². The van der Waals surface area contributed by atoms with Gasteiger partial charge in [0.2, 0.25) is 0 Å². The maximum atomic E-state index is 11.8. The topological polar surface area (TPSA) is 111 Å². The van der Waals surface area contributed by atoms with Crippen molar-refractivity contribution in [2.75, 3.05) is 25.5 Å². The molecule has 0 saturated carbocycles. The van der Waals surface area contributed by atoms with Gasteiger partial charge in [0.25, 0.3) is 5.91 Å². The highest BCUT2D eigenvalue weighted by Gasteiger charge is 2.17. The van der Waals surface area contributed by atoms with Gasteiger partial charge < -0.3 is 15.7 Å². The number of carbonyl (C=O) groups is 2. The SMILES string of the molecule is CN(C(=O)O)C(=O)CN(C)c1ccc(-c2ccc(C(=N)N)cc2)cc1. The first kappa shape index (κ1) is 18.0. The summed E-state index contributed by atoms with van der Waals surface area (Å²) < 4.78 is 0. The lowest BCUT2D eigenvalue weighted by molar-refractivity contribution is -0.126. The molecule has 0 unspecified atom stereocenters. The number of nitrogens with one attached hydrogen (secondary N) is 1. The van der Waals surface area contributed by atoms with Gasteiger partial charge in [-0.3, -0.25) is 10.2 Å². The largest absolute Gasteiger partial charge is 0.465 e. The number of nitrogens with two attached hydrogens (primary N) is 1. The van der Waals surface area contributed by atoms with Crippen molar-refractivity contribution in [3.8, 4) is 11.1 Å². The number of benzene rings is 2. The number of amidine groups is 1. The zero-order valence-electron chi connectivity index (χ0n) is 14.1.